The van der Waals surface area contributed by atoms with Gasteiger partial charge in [0, 0.05) is 36.7 Å². The predicted molar refractivity (Wildman–Crippen MR) is 105 cm³/mol. The van der Waals surface area contributed by atoms with Crippen molar-refractivity contribution in [2.45, 2.75) is 19.0 Å². The molecule has 3 heterocycles. The van der Waals surface area contributed by atoms with Gasteiger partial charge in [0.25, 0.3) is 0 Å². The van der Waals surface area contributed by atoms with Crippen LogP contribution in [0.3, 0.4) is 0 Å². The molecule has 1 fully saturated rings. The molecule has 1 N–H and O–H groups in total. The molecule has 1 atom stereocenters. The van der Waals surface area contributed by atoms with Gasteiger partial charge >= 0.3 is 6.18 Å². The van der Waals surface area contributed by atoms with Crippen molar-refractivity contribution < 1.29 is 17.9 Å². The maximum atomic E-state index is 13.8. The van der Waals surface area contributed by atoms with Crippen molar-refractivity contribution in [1.29, 1.82) is 5.26 Å². The fourth-order valence-electron chi connectivity index (χ4n) is 3.71. The third-order valence-electron chi connectivity index (χ3n) is 5.26. The SMILES string of the molecule is Cn1ccc2c(-c3ccc(OCC4CCCNC4)c(C(F)(F)F)c3)nc(C#N)nc21. The van der Waals surface area contributed by atoms with Crippen LogP contribution < -0.4 is 10.1 Å². The number of rotatable bonds is 4. The van der Waals surface area contributed by atoms with Gasteiger partial charge in [-0.15, -0.1) is 0 Å². The van der Waals surface area contributed by atoms with Crippen LogP contribution in [-0.2, 0) is 13.2 Å². The van der Waals surface area contributed by atoms with Crippen molar-refractivity contribution in [3.63, 3.8) is 0 Å². The maximum Gasteiger partial charge on any atom is 0.419 e. The molecule has 0 spiro atoms. The Bertz CT molecular complexity index is 1110. The zero-order valence-corrected chi connectivity index (χ0v) is 16.3. The first-order valence-electron chi connectivity index (χ1n) is 9.65. The number of aryl methyl sites for hydroxylation is 1. The first-order valence-corrected chi connectivity index (χ1v) is 9.65. The Balaban J connectivity index is 1.74. The van der Waals surface area contributed by atoms with Crippen LogP contribution >= 0.6 is 0 Å². The summed E-state index contributed by atoms with van der Waals surface area (Å²) in [4.78, 5) is 8.32. The third kappa shape index (κ3) is 3.96. The van der Waals surface area contributed by atoms with Gasteiger partial charge in [0.15, 0.2) is 0 Å². The lowest BCUT2D eigenvalue weighted by atomic mass is 10.0. The highest BCUT2D eigenvalue weighted by atomic mass is 19.4. The average Bonchev–Trinajstić information content (AvgIpc) is 3.12. The molecule has 1 saturated heterocycles. The molecule has 6 nitrogen and oxygen atoms in total. The lowest BCUT2D eigenvalue weighted by Gasteiger charge is -2.24. The molecule has 0 bridgehead atoms. The van der Waals surface area contributed by atoms with E-state index in [0.717, 1.165) is 32.0 Å². The molecule has 0 amide bonds. The highest BCUT2D eigenvalue weighted by Gasteiger charge is 2.35. The summed E-state index contributed by atoms with van der Waals surface area (Å²) in [6, 6.07) is 7.50. The minimum atomic E-state index is -4.59. The quantitative estimate of drug-likeness (QED) is 0.699. The van der Waals surface area contributed by atoms with Crippen LogP contribution in [0.5, 0.6) is 5.75 Å². The van der Waals surface area contributed by atoms with E-state index in [0.29, 0.717) is 11.0 Å². The first-order chi connectivity index (χ1) is 14.4. The number of nitriles is 1. The summed E-state index contributed by atoms with van der Waals surface area (Å²) in [5.74, 6) is -0.114. The number of hydrogen-bond acceptors (Lipinski definition) is 5. The monoisotopic (exact) mass is 415 g/mol. The van der Waals surface area contributed by atoms with Gasteiger partial charge in [0.1, 0.15) is 17.5 Å². The van der Waals surface area contributed by atoms with Gasteiger partial charge < -0.3 is 14.6 Å². The number of nitrogens with zero attached hydrogens (tertiary/aromatic N) is 4. The summed E-state index contributed by atoms with van der Waals surface area (Å²) < 4.78 is 48.7. The van der Waals surface area contributed by atoms with E-state index < -0.39 is 11.7 Å². The highest BCUT2D eigenvalue weighted by molar-refractivity contribution is 5.91. The first kappa shape index (κ1) is 20.2. The number of ether oxygens (including phenoxy) is 1. The van der Waals surface area contributed by atoms with E-state index in [1.165, 1.54) is 6.07 Å². The van der Waals surface area contributed by atoms with E-state index in [4.69, 9.17) is 4.74 Å². The van der Waals surface area contributed by atoms with Crippen LogP contribution in [0, 0.1) is 17.2 Å². The Kier molecular flexibility index (Phi) is 5.35. The fraction of sp³-hybridized carbons (Fsp3) is 0.381. The molecule has 0 radical (unpaired) electrons. The average molecular weight is 415 g/mol. The van der Waals surface area contributed by atoms with Gasteiger partial charge in [0.2, 0.25) is 5.82 Å². The second-order valence-electron chi connectivity index (χ2n) is 7.40. The van der Waals surface area contributed by atoms with Gasteiger partial charge in [-0.3, -0.25) is 0 Å². The molecule has 1 aromatic carbocycles. The Morgan fingerprint density at radius 1 is 1.30 bits per heavy atom. The normalized spacial score (nSPS) is 17.1. The molecule has 1 aliphatic heterocycles. The van der Waals surface area contributed by atoms with E-state index in [2.05, 4.69) is 15.3 Å². The lowest BCUT2D eigenvalue weighted by Crippen LogP contribution is -2.33. The Morgan fingerprint density at radius 3 is 2.83 bits per heavy atom. The van der Waals surface area contributed by atoms with Crippen LogP contribution in [0.2, 0.25) is 0 Å². The third-order valence-corrected chi connectivity index (χ3v) is 5.26. The van der Waals surface area contributed by atoms with E-state index in [1.807, 2.05) is 6.07 Å². The van der Waals surface area contributed by atoms with E-state index >= 15 is 0 Å². The molecular formula is C21H20F3N5O. The number of benzene rings is 1. The topological polar surface area (TPSA) is 75.8 Å². The number of nitrogens with one attached hydrogen (secondary N) is 1. The Labute approximate surface area is 171 Å². The Morgan fingerprint density at radius 2 is 2.13 bits per heavy atom. The van der Waals surface area contributed by atoms with Crippen LogP contribution in [-0.4, -0.2) is 34.2 Å². The summed E-state index contributed by atoms with van der Waals surface area (Å²) in [6.45, 7) is 1.89. The van der Waals surface area contributed by atoms with Crippen molar-refractivity contribution in [2.24, 2.45) is 13.0 Å². The van der Waals surface area contributed by atoms with Crippen LogP contribution in [0.25, 0.3) is 22.3 Å². The van der Waals surface area contributed by atoms with Crippen LogP contribution in [0.1, 0.15) is 24.2 Å². The molecule has 1 unspecified atom stereocenters. The van der Waals surface area contributed by atoms with E-state index in [9.17, 15) is 18.4 Å². The van der Waals surface area contributed by atoms with E-state index in [1.54, 1.807) is 29.9 Å². The fourth-order valence-corrected chi connectivity index (χ4v) is 3.71. The van der Waals surface area contributed by atoms with Gasteiger partial charge in [-0.25, -0.2) is 9.97 Å². The van der Waals surface area contributed by atoms with Gasteiger partial charge in [-0.05, 0) is 43.7 Å². The van der Waals surface area contributed by atoms with Crippen molar-refractivity contribution in [1.82, 2.24) is 19.9 Å². The molecule has 30 heavy (non-hydrogen) atoms. The Hall–Kier alpha value is -3.12. The van der Waals surface area contributed by atoms with Crippen LogP contribution in [0.15, 0.2) is 30.5 Å². The van der Waals surface area contributed by atoms with Gasteiger partial charge in [0.05, 0.1) is 17.9 Å². The minimum Gasteiger partial charge on any atom is -0.493 e. The number of halogens is 3. The summed E-state index contributed by atoms with van der Waals surface area (Å²) in [5.41, 5.74) is 0.162. The summed E-state index contributed by atoms with van der Waals surface area (Å²) >= 11 is 0. The highest BCUT2D eigenvalue weighted by Crippen LogP contribution is 2.40. The number of fused-ring (bicyclic) bond motifs is 1. The number of aromatic nitrogens is 3. The van der Waals surface area contributed by atoms with Crippen molar-refractivity contribution in [2.75, 3.05) is 19.7 Å². The van der Waals surface area contributed by atoms with Crippen LogP contribution in [0.4, 0.5) is 13.2 Å². The number of hydrogen-bond donors (Lipinski definition) is 1. The number of piperidine rings is 1. The molecule has 9 heteroatoms. The second-order valence-corrected chi connectivity index (χ2v) is 7.40. The maximum absolute atomic E-state index is 13.8. The zero-order valence-electron chi connectivity index (χ0n) is 16.3. The standard InChI is InChI=1S/C21H20F3N5O/c1-29-8-6-15-19(27-18(10-25)28-20(15)29)14-4-5-17(16(9-14)21(22,23)24)30-12-13-3-2-7-26-11-13/h4-6,8-9,13,26H,2-3,7,11-12H2,1H3. The van der Waals surface area contributed by atoms with Crippen molar-refractivity contribution in [3.8, 4) is 23.1 Å². The molecule has 2 aromatic heterocycles. The molecular weight excluding hydrogens is 395 g/mol. The summed E-state index contributed by atoms with van der Waals surface area (Å²) in [5, 5.41) is 13.0. The van der Waals surface area contributed by atoms with E-state index in [-0.39, 0.29) is 35.4 Å². The molecule has 156 valence electrons. The minimum absolute atomic E-state index is 0.0991. The molecule has 3 aromatic rings. The zero-order chi connectivity index (χ0) is 21.3. The van der Waals surface area contributed by atoms with Gasteiger partial charge in [-0.1, -0.05) is 0 Å². The van der Waals surface area contributed by atoms with Gasteiger partial charge in [-0.2, -0.15) is 18.4 Å². The molecule has 4 rings (SSSR count). The molecule has 0 saturated carbocycles. The summed E-state index contributed by atoms with van der Waals surface area (Å²) in [6.07, 6.45) is -0.946. The molecule has 1 aliphatic rings. The van der Waals surface area contributed by atoms with Crippen molar-refractivity contribution >= 4 is 11.0 Å². The molecule has 0 aliphatic carbocycles. The number of alkyl halides is 3. The predicted octanol–water partition coefficient (Wildman–Crippen LogP) is 3.90. The lowest BCUT2D eigenvalue weighted by molar-refractivity contribution is -0.139. The smallest absolute Gasteiger partial charge is 0.419 e. The largest absolute Gasteiger partial charge is 0.493 e. The summed E-state index contributed by atoms with van der Waals surface area (Å²) in [7, 11) is 1.75. The van der Waals surface area contributed by atoms with Crippen molar-refractivity contribution in [3.05, 3.63) is 41.9 Å². The second kappa shape index (κ2) is 7.95.